The minimum absolute atomic E-state index is 0.520. The van der Waals surface area contributed by atoms with E-state index in [-0.39, 0.29) is 0 Å². The fraction of sp³-hybridized carbons (Fsp3) is 0.0192. The molecule has 0 aliphatic heterocycles. The molecule has 0 N–H and O–H groups in total. The SMILES string of the molecule is C=C(/C=C\c1ccc2c(ccc3ccccc32)c1C)c1nc(-c2ccc3ccc4c5ccccc5ccc4c3c2)nc(-c2ccc3oc4ccccc4c3c2)n1. The van der Waals surface area contributed by atoms with E-state index >= 15 is 0 Å². The first kappa shape index (κ1) is 32.0. The Morgan fingerprint density at radius 3 is 1.71 bits per heavy atom. The zero-order chi connectivity index (χ0) is 37.3. The maximum Gasteiger partial charge on any atom is 0.164 e. The number of aromatic nitrogens is 3. The normalized spacial score (nSPS) is 12.0. The highest BCUT2D eigenvalue weighted by molar-refractivity contribution is 6.18. The number of fused-ring (bicyclic) bond motifs is 11. The molecular weight excluding hydrogens is 683 g/mol. The molecule has 262 valence electrons. The van der Waals surface area contributed by atoms with Crippen LogP contribution in [0.15, 0.2) is 175 Å². The number of allylic oxidation sites excluding steroid dienone is 2. The molecule has 0 fully saturated rings. The van der Waals surface area contributed by atoms with E-state index in [1.54, 1.807) is 0 Å². The lowest BCUT2D eigenvalue weighted by Crippen LogP contribution is -2.02. The number of aryl methyl sites for hydroxylation is 1. The zero-order valence-corrected chi connectivity index (χ0v) is 30.6. The van der Waals surface area contributed by atoms with Gasteiger partial charge in [-0.25, -0.2) is 15.0 Å². The van der Waals surface area contributed by atoms with Gasteiger partial charge in [0.1, 0.15) is 11.2 Å². The first-order valence-electron chi connectivity index (χ1n) is 18.9. The van der Waals surface area contributed by atoms with E-state index in [2.05, 4.69) is 147 Å². The third kappa shape index (κ3) is 5.19. The Labute approximate surface area is 322 Å². The molecule has 0 spiro atoms. The average Bonchev–Trinajstić information content (AvgIpc) is 3.63. The summed E-state index contributed by atoms with van der Waals surface area (Å²) in [7, 11) is 0. The summed E-state index contributed by atoms with van der Waals surface area (Å²) in [6.45, 7) is 6.67. The van der Waals surface area contributed by atoms with Crippen LogP contribution in [0.2, 0.25) is 0 Å². The molecular formula is C52H33N3O. The number of rotatable bonds is 5. The van der Waals surface area contributed by atoms with Gasteiger partial charge < -0.3 is 4.42 Å². The lowest BCUT2D eigenvalue weighted by Gasteiger charge is -2.11. The van der Waals surface area contributed by atoms with Crippen LogP contribution in [-0.4, -0.2) is 15.0 Å². The van der Waals surface area contributed by atoms with Crippen molar-refractivity contribution < 1.29 is 4.42 Å². The Morgan fingerprint density at radius 2 is 0.982 bits per heavy atom. The van der Waals surface area contributed by atoms with Crippen molar-refractivity contribution in [2.75, 3.05) is 0 Å². The van der Waals surface area contributed by atoms with Crippen LogP contribution in [-0.2, 0) is 0 Å². The second-order valence-electron chi connectivity index (χ2n) is 14.5. The van der Waals surface area contributed by atoms with Crippen molar-refractivity contribution >= 4 is 87.4 Å². The number of hydrogen-bond acceptors (Lipinski definition) is 4. The first-order chi connectivity index (χ1) is 27.6. The minimum atomic E-state index is 0.520. The van der Waals surface area contributed by atoms with E-state index in [4.69, 9.17) is 19.4 Å². The van der Waals surface area contributed by atoms with E-state index in [1.165, 1.54) is 48.7 Å². The summed E-state index contributed by atoms with van der Waals surface area (Å²) in [6, 6.07) is 55.5. The van der Waals surface area contributed by atoms with Gasteiger partial charge in [0.2, 0.25) is 0 Å². The predicted octanol–water partition coefficient (Wildman–Crippen LogP) is 13.9. The number of furan rings is 1. The number of nitrogens with zero attached hydrogens (tertiary/aromatic N) is 3. The molecule has 9 aromatic carbocycles. The Balaban J connectivity index is 1.05. The highest BCUT2D eigenvalue weighted by atomic mass is 16.3. The van der Waals surface area contributed by atoms with E-state index in [0.29, 0.717) is 23.0 Å². The summed E-state index contributed by atoms with van der Waals surface area (Å²) < 4.78 is 6.16. The van der Waals surface area contributed by atoms with E-state index in [9.17, 15) is 0 Å². The second kappa shape index (κ2) is 12.6. The highest BCUT2D eigenvalue weighted by Gasteiger charge is 2.16. The van der Waals surface area contributed by atoms with Crippen molar-refractivity contribution in [2.45, 2.75) is 6.92 Å². The van der Waals surface area contributed by atoms with Gasteiger partial charge in [0, 0.05) is 27.5 Å². The predicted molar refractivity (Wildman–Crippen MR) is 235 cm³/mol. The van der Waals surface area contributed by atoms with Crippen LogP contribution >= 0.6 is 0 Å². The van der Waals surface area contributed by atoms with Crippen LogP contribution in [0.1, 0.15) is 17.0 Å². The van der Waals surface area contributed by atoms with Crippen LogP contribution in [0.4, 0.5) is 0 Å². The van der Waals surface area contributed by atoms with Crippen molar-refractivity contribution in [1.29, 1.82) is 0 Å². The van der Waals surface area contributed by atoms with E-state index < -0.39 is 0 Å². The lowest BCUT2D eigenvalue weighted by atomic mass is 9.95. The molecule has 4 heteroatoms. The minimum Gasteiger partial charge on any atom is -0.456 e. The second-order valence-corrected chi connectivity index (χ2v) is 14.5. The Morgan fingerprint density at radius 1 is 0.464 bits per heavy atom. The van der Waals surface area contributed by atoms with Crippen molar-refractivity contribution in [3.05, 3.63) is 187 Å². The van der Waals surface area contributed by atoms with Crippen LogP contribution < -0.4 is 0 Å². The van der Waals surface area contributed by atoms with Crippen molar-refractivity contribution in [2.24, 2.45) is 0 Å². The number of para-hydroxylation sites is 1. The summed E-state index contributed by atoms with van der Waals surface area (Å²) in [5, 5.41) is 14.3. The molecule has 0 radical (unpaired) electrons. The van der Waals surface area contributed by atoms with Gasteiger partial charge in [-0.15, -0.1) is 0 Å². The molecule has 0 saturated heterocycles. The fourth-order valence-corrected chi connectivity index (χ4v) is 8.30. The van der Waals surface area contributed by atoms with Gasteiger partial charge in [-0.05, 0) is 102 Å². The molecule has 0 aliphatic rings. The molecule has 0 amide bonds. The van der Waals surface area contributed by atoms with Gasteiger partial charge in [-0.3, -0.25) is 0 Å². The molecule has 2 heterocycles. The molecule has 4 nitrogen and oxygen atoms in total. The van der Waals surface area contributed by atoms with Gasteiger partial charge in [-0.1, -0.05) is 146 Å². The van der Waals surface area contributed by atoms with Crippen LogP contribution in [0.25, 0.3) is 110 Å². The largest absolute Gasteiger partial charge is 0.456 e. The lowest BCUT2D eigenvalue weighted by molar-refractivity contribution is 0.669. The summed E-state index contributed by atoms with van der Waals surface area (Å²) >= 11 is 0. The quantitative estimate of drug-likeness (QED) is 0.131. The molecule has 2 aromatic heterocycles. The van der Waals surface area contributed by atoms with Gasteiger partial charge in [0.05, 0.1) is 0 Å². The summed E-state index contributed by atoms with van der Waals surface area (Å²) in [5.41, 5.74) is 6.49. The molecule has 0 atom stereocenters. The molecule has 11 rings (SSSR count). The van der Waals surface area contributed by atoms with Crippen molar-refractivity contribution in [3.8, 4) is 22.8 Å². The smallest absolute Gasteiger partial charge is 0.164 e. The van der Waals surface area contributed by atoms with Crippen LogP contribution in [0.5, 0.6) is 0 Å². The number of hydrogen-bond donors (Lipinski definition) is 0. The number of benzene rings is 9. The molecule has 0 aliphatic carbocycles. The monoisotopic (exact) mass is 715 g/mol. The van der Waals surface area contributed by atoms with E-state index in [0.717, 1.165) is 49.4 Å². The van der Waals surface area contributed by atoms with Crippen LogP contribution in [0.3, 0.4) is 0 Å². The Hall–Kier alpha value is -7.43. The van der Waals surface area contributed by atoms with Crippen molar-refractivity contribution in [3.63, 3.8) is 0 Å². The molecule has 0 bridgehead atoms. The summed E-state index contributed by atoms with van der Waals surface area (Å²) in [4.78, 5) is 15.3. The average molecular weight is 716 g/mol. The van der Waals surface area contributed by atoms with Gasteiger partial charge in [-0.2, -0.15) is 0 Å². The summed E-state index contributed by atoms with van der Waals surface area (Å²) in [6.07, 6.45) is 4.13. The molecule has 56 heavy (non-hydrogen) atoms. The Bertz CT molecular complexity index is 3460. The summed E-state index contributed by atoms with van der Waals surface area (Å²) in [5.74, 6) is 1.68. The van der Waals surface area contributed by atoms with Gasteiger partial charge in [0.15, 0.2) is 17.5 Å². The van der Waals surface area contributed by atoms with E-state index in [1.807, 2.05) is 36.4 Å². The molecule has 11 aromatic rings. The Kier molecular flexibility index (Phi) is 7.20. The third-order valence-electron chi connectivity index (χ3n) is 11.3. The molecule has 0 saturated carbocycles. The zero-order valence-electron chi connectivity index (χ0n) is 30.6. The maximum atomic E-state index is 6.16. The first-order valence-corrected chi connectivity index (χ1v) is 18.9. The highest BCUT2D eigenvalue weighted by Crippen LogP contribution is 2.36. The van der Waals surface area contributed by atoms with Gasteiger partial charge >= 0.3 is 0 Å². The van der Waals surface area contributed by atoms with Gasteiger partial charge in [0.25, 0.3) is 0 Å². The molecule has 0 unspecified atom stereocenters. The van der Waals surface area contributed by atoms with Crippen molar-refractivity contribution in [1.82, 2.24) is 15.0 Å². The topological polar surface area (TPSA) is 51.8 Å². The fourth-order valence-electron chi connectivity index (χ4n) is 8.30. The third-order valence-corrected chi connectivity index (χ3v) is 11.3. The standard InChI is InChI=1S/C52H33N3O/c1-31(15-16-33-19-25-42-39(32(33)2)24-20-34-9-3-5-11-40(34)42)50-53-51(55-52(54-50)38-23-28-49-47(30-38)45-13-7-8-14-48(45)56-49)37-18-17-36-22-26-43-41-12-6-4-10-35(41)21-27-44(43)46(36)29-37/h3-30H,1H2,2H3/b16-15-. The maximum absolute atomic E-state index is 6.16. The van der Waals surface area contributed by atoms with Crippen LogP contribution in [0, 0.1) is 6.92 Å².